The van der Waals surface area contributed by atoms with E-state index in [4.69, 9.17) is 0 Å². The van der Waals surface area contributed by atoms with Crippen molar-refractivity contribution >= 4 is 33.3 Å². The standard InChI is InChI=1S/C15H17BrN4O/c1-3-20(4-2)14-10-9-13(18-19-14)15(21)17-12-8-6-5-7-11(12)16/h5-10H,3-4H2,1-2H3,(H,17,21). The van der Waals surface area contributed by atoms with Gasteiger partial charge in [0.15, 0.2) is 11.5 Å². The number of benzene rings is 1. The quantitative estimate of drug-likeness (QED) is 0.900. The number of carbonyl (C=O) groups excluding carboxylic acids is 1. The zero-order chi connectivity index (χ0) is 15.2. The van der Waals surface area contributed by atoms with Gasteiger partial charge in [-0.15, -0.1) is 10.2 Å². The first-order valence-corrected chi connectivity index (χ1v) is 7.59. The van der Waals surface area contributed by atoms with Crippen molar-refractivity contribution in [1.82, 2.24) is 10.2 Å². The van der Waals surface area contributed by atoms with E-state index in [1.54, 1.807) is 6.07 Å². The van der Waals surface area contributed by atoms with Crippen molar-refractivity contribution in [2.45, 2.75) is 13.8 Å². The highest BCUT2D eigenvalue weighted by Crippen LogP contribution is 2.21. The van der Waals surface area contributed by atoms with Gasteiger partial charge in [0.05, 0.1) is 5.69 Å². The molecule has 0 atom stereocenters. The van der Waals surface area contributed by atoms with Gasteiger partial charge in [-0.05, 0) is 54.0 Å². The van der Waals surface area contributed by atoms with E-state index in [1.165, 1.54) is 0 Å². The normalized spacial score (nSPS) is 10.2. The molecule has 0 aliphatic rings. The summed E-state index contributed by atoms with van der Waals surface area (Å²) in [5.74, 6) is 0.498. The SMILES string of the molecule is CCN(CC)c1ccc(C(=O)Nc2ccccc2Br)nn1. The third-order valence-corrected chi connectivity index (χ3v) is 3.78. The second-order valence-corrected chi connectivity index (χ2v) is 5.24. The molecule has 0 saturated heterocycles. The third kappa shape index (κ3) is 3.78. The predicted octanol–water partition coefficient (Wildman–Crippen LogP) is 3.34. The predicted molar refractivity (Wildman–Crippen MR) is 87.7 cm³/mol. The van der Waals surface area contributed by atoms with Crippen LogP contribution in [0.2, 0.25) is 0 Å². The van der Waals surface area contributed by atoms with Crippen LogP contribution in [0, 0.1) is 0 Å². The Morgan fingerprint density at radius 3 is 2.43 bits per heavy atom. The summed E-state index contributed by atoms with van der Waals surface area (Å²) >= 11 is 3.39. The lowest BCUT2D eigenvalue weighted by Gasteiger charge is -2.18. The lowest BCUT2D eigenvalue weighted by Crippen LogP contribution is -2.24. The first kappa shape index (κ1) is 15.4. The Morgan fingerprint density at radius 1 is 1.14 bits per heavy atom. The van der Waals surface area contributed by atoms with Crippen LogP contribution < -0.4 is 10.2 Å². The molecule has 1 amide bonds. The molecule has 6 heteroatoms. The minimum atomic E-state index is -0.277. The number of amides is 1. The van der Waals surface area contributed by atoms with E-state index in [1.807, 2.05) is 30.3 Å². The molecule has 1 aromatic carbocycles. The fourth-order valence-electron chi connectivity index (χ4n) is 1.91. The summed E-state index contributed by atoms with van der Waals surface area (Å²) in [6, 6.07) is 10.9. The highest BCUT2D eigenvalue weighted by molar-refractivity contribution is 9.10. The minimum Gasteiger partial charge on any atom is -0.356 e. The summed E-state index contributed by atoms with van der Waals surface area (Å²) in [5.41, 5.74) is 0.999. The molecule has 0 unspecified atom stereocenters. The van der Waals surface area contributed by atoms with E-state index >= 15 is 0 Å². The summed E-state index contributed by atoms with van der Waals surface area (Å²) in [6.07, 6.45) is 0. The molecule has 0 saturated carbocycles. The molecule has 0 fully saturated rings. The molecular formula is C15H17BrN4O. The molecule has 0 bridgehead atoms. The Kier molecular flexibility index (Phi) is 5.27. The number of aromatic nitrogens is 2. The number of hydrogen-bond donors (Lipinski definition) is 1. The molecule has 2 rings (SSSR count). The number of nitrogens with zero attached hydrogens (tertiary/aromatic N) is 3. The van der Waals surface area contributed by atoms with Crippen molar-refractivity contribution in [1.29, 1.82) is 0 Å². The van der Waals surface area contributed by atoms with E-state index in [0.717, 1.165) is 23.4 Å². The minimum absolute atomic E-state index is 0.277. The van der Waals surface area contributed by atoms with Gasteiger partial charge in [0.1, 0.15) is 0 Å². The van der Waals surface area contributed by atoms with Gasteiger partial charge in [0.25, 0.3) is 5.91 Å². The van der Waals surface area contributed by atoms with Gasteiger partial charge in [0.2, 0.25) is 0 Å². The van der Waals surface area contributed by atoms with Crippen LogP contribution in [-0.4, -0.2) is 29.2 Å². The Morgan fingerprint density at radius 2 is 1.86 bits per heavy atom. The second-order valence-electron chi connectivity index (χ2n) is 4.38. The Bertz CT molecular complexity index is 611. The van der Waals surface area contributed by atoms with Gasteiger partial charge in [-0.25, -0.2) is 0 Å². The molecule has 110 valence electrons. The summed E-state index contributed by atoms with van der Waals surface area (Å²) in [4.78, 5) is 14.2. The molecule has 21 heavy (non-hydrogen) atoms. The lowest BCUT2D eigenvalue weighted by atomic mass is 10.3. The van der Waals surface area contributed by atoms with Crippen molar-refractivity contribution in [2.24, 2.45) is 0 Å². The van der Waals surface area contributed by atoms with Gasteiger partial charge < -0.3 is 10.2 Å². The maximum Gasteiger partial charge on any atom is 0.276 e. The first-order valence-electron chi connectivity index (χ1n) is 6.80. The molecule has 0 spiro atoms. The van der Waals surface area contributed by atoms with Crippen LogP contribution in [0.25, 0.3) is 0 Å². The zero-order valence-electron chi connectivity index (χ0n) is 12.0. The summed E-state index contributed by atoms with van der Waals surface area (Å²) in [6.45, 7) is 5.82. The number of nitrogens with one attached hydrogen (secondary N) is 1. The van der Waals surface area contributed by atoms with Gasteiger partial charge in [-0.1, -0.05) is 12.1 Å². The maximum atomic E-state index is 12.1. The summed E-state index contributed by atoms with van der Waals surface area (Å²) < 4.78 is 0.825. The summed E-state index contributed by atoms with van der Waals surface area (Å²) in [5, 5.41) is 10.9. The summed E-state index contributed by atoms with van der Waals surface area (Å²) in [7, 11) is 0. The molecule has 0 aliphatic heterocycles. The van der Waals surface area contributed by atoms with E-state index in [9.17, 15) is 4.79 Å². The molecule has 0 radical (unpaired) electrons. The van der Waals surface area contributed by atoms with E-state index in [0.29, 0.717) is 11.4 Å². The van der Waals surface area contributed by atoms with Gasteiger partial charge in [0, 0.05) is 17.6 Å². The van der Waals surface area contributed by atoms with Gasteiger partial charge >= 0.3 is 0 Å². The largest absolute Gasteiger partial charge is 0.356 e. The number of hydrogen-bond acceptors (Lipinski definition) is 4. The van der Waals surface area contributed by atoms with Crippen LogP contribution in [0.15, 0.2) is 40.9 Å². The van der Waals surface area contributed by atoms with Crippen molar-refractivity contribution in [2.75, 3.05) is 23.3 Å². The Balaban J connectivity index is 2.12. The van der Waals surface area contributed by atoms with Crippen molar-refractivity contribution in [3.8, 4) is 0 Å². The average Bonchev–Trinajstić information content (AvgIpc) is 2.51. The van der Waals surface area contributed by atoms with Crippen LogP contribution in [0.4, 0.5) is 11.5 Å². The number of rotatable bonds is 5. The van der Waals surface area contributed by atoms with Gasteiger partial charge in [-0.3, -0.25) is 4.79 Å². The fraction of sp³-hybridized carbons (Fsp3) is 0.267. The van der Waals surface area contributed by atoms with Crippen LogP contribution in [0.1, 0.15) is 24.3 Å². The van der Waals surface area contributed by atoms with Crippen molar-refractivity contribution in [3.05, 3.63) is 46.6 Å². The van der Waals surface area contributed by atoms with Crippen LogP contribution >= 0.6 is 15.9 Å². The fourth-order valence-corrected chi connectivity index (χ4v) is 2.30. The molecule has 1 heterocycles. The molecule has 1 aromatic heterocycles. The molecule has 2 aromatic rings. The van der Waals surface area contributed by atoms with E-state index in [2.05, 4.69) is 50.2 Å². The molecular weight excluding hydrogens is 332 g/mol. The topological polar surface area (TPSA) is 58.1 Å². The smallest absolute Gasteiger partial charge is 0.276 e. The average molecular weight is 349 g/mol. The number of carbonyl (C=O) groups is 1. The van der Waals surface area contributed by atoms with Gasteiger partial charge in [-0.2, -0.15) is 0 Å². The van der Waals surface area contributed by atoms with Crippen molar-refractivity contribution in [3.63, 3.8) is 0 Å². The van der Waals surface area contributed by atoms with Crippen LogP contribution in [0.5, 0.6) is 0 Å². The van der Waals surface area contributed by atoms with Crippen LogP contribution in [-0.2, 0) is 0 Å². The Hall–Kier alpha value is -1.95. The van der Waals surface area contributed by atoms with Crippen molar-refractivity contribution < 1.29 is 4.79 Å². The van der Waals surface area contributed by atoms with E-state index in [-0.39, 0.29) is 5.91 Å². The highest BCUT2D eigenvalue weighted by atomic mass is 79.9. The number of para-hydroxylation sites is 1. The number of halogens is 1. The lowest BCUT2D eigenvalue weighted by molar-refractivity contribution is 0.102. The molecule has 5 nitrogen and oxygen atoms in total. The maximum absolute atomic E-state index is 12.1. The number of anilines is 2. The highest BCUT2D eigenvalue weighted by Gasteiger charge is 2.11. The van der Waals surface area contributed by atoms with Crippen LogP contribution in [0.3, 0.4) is 0 Å². The molecule has 1 N–H and O–H groups in total. The first-order chi connectivity index (χ1) is 10.2. The van der Waals surface area contributed by atoms with E-state index < -0.39 is 0 Å². The second kappa shape index (κ2) is 7.17. The third-order valence-electron chi connectivity index (χ3n) is 3.09. The molecule has 0 aliphatic carbocycles. The zero-order valence-corrected chi connectivity index (χ0v) is 13.6. The monoisotopic (exact) mass is 348 g/mol. The Labute approximate surface area is 132 Å².